The van der Waals surface area contributed by atoms with E-state index in [4.69, 9.17) is 19.9 Å². The lowest BCUT2D eigenvalue weighted by molar-refractivity contribution is 1.18. The molecule has 0 saturated heterocycles. The quantitative estimate of drug-likeness (QED) is 0.191. The Morgan fingerprint density at radius 2 is 0.804 bits per heavy atom. The lowest BCUT2D eigenvalue weighted by Gasteiger charge is -2.11. The van der Waals surface area contributed by atoms with Crippen LogP contribution in [-0.2, 0) is 0 Å². The monoisotopic (exact) mass is 588 g/mol. The van der Waals surface area contributed by atoms with E-state index in [1.54, 1.807) is 12.4 Å². The fraction of sp³-hybridized carbons (Fsp3) is 0. The van der Waals surface area contributed by atoms with E-state index in [1.165, 1.54) is 0 Å². The summed E-state index contributed by atoms with van der Waals surface area (Å²) >= 11 is 0. The highest BCUT2D eigenvalue weighted by Gasteiger charge is 2.14. The Bertz CT molecular complexity index is 2440. The van der Waals surface area contributed by atoms with E-state index in [1.807, 2.05) is 36.7 Å². The van der Waals surface area contributed by atoms with Crippen molar-refractivity contribution in [1.82, 2.24) is 29.9 Å². The Balaban J connectivity index is 1.20. The molecule has 0 aliphatic rings. The molecule has 6 heteroatoms. The van der Waals surface area contributed by atoms with Gasteiger partial charge in [0.1, 0.15) is 0 Å². The molecule has 0 N–H and O–H groups in total. The summed E-state index contributed by atoms with van der Waals surface area (Å²) < 4.78 is 0. The van der Waals surface area contributed by atoms with Crippen LogP contribution in [0.25, 0.3) is 88.6 Å². The van der Waals surface area contributed by atoms with E-state index in [-0.39, 0.29) is 0 Å². The number of nitrogens with zero attached hydrogens (tertiary/aromatic N) is 6. The molecule has 9 rings (SSSR count). The van der Waals surface area contributed by atoms with Crippen molar-refractivity contribution in [3.05, 3.63) is 146 Å². The van der Waals surface area contributed by atoms with Crippen molar-refractivity contribution in [2.24, 2.45) is 0 Å². The summed E-state index contributed by atoms with van der Waals surface area (Å²) in [5, 5.41) is 4.13. The summed E-state index contributed by atoms with van der Waals surface area (Å²) in [6.07, 6.45) is 7.36. The molecule has 0 bridgehead atoms. The van der Waals surface area contributed by atoms with Crippen molar-refractivity contribution in [2.75, 3.05) is 0 Å². The van der Waals surface area contributed by atoms with Crippen LogP contribution >= 0.6 is 0 Å². The summed E-state index contributed by atoms with van der Waals surface area (Å²) in [7, 11) is 0. The van der Waals surface area contributed by atoms with E-state index in [9.17, 15) is 0 Å². The SMILES string of the molecule is c1ccc(-c2ccc(-c3nc(-c4cnc5c(ccc6cccnc65)c4)cc(-c4cnc5c(ccc6cccnc65)c4)n3)cc2)cc1. The Hall–Kier alpha value is -6.40. The van der Waals surface area contributed by atoms with Crippen molar-refractivity contribution >= 4 is 43.6 Å². The van der Waals surface area contributed by atoms with Crippen molar-refractivity contribution in [2.45, 2.75) is 0 Å². The number of aromatic nitrogens is 6. The summed E-state index contributed by atoms with van der Waals surface area (Å²) in [5.74, 6) is 0.632. The summed E-state index contributed by atoms with van der Waals surface area (Å²) in [6.45, 7) is 0. The molecule has 0 unspecified atom stereocenters. The second kappa shape index (κ2) is 10.6. The van der Waals surface area contributed by atoms with Gasteiger partial charge in [-0.25, -0.2) is 9.97 Å². The molecule has 4 aromatic carbocycles. The maximum absolute atomic E-state index is 5.08. The first-order chi connectivity index (χ1) is 22.8. The fourth-order valence-electron chi connectivity index (χ4n) is 6.07. The molecule has 5 heterocycles. The Morgan fingerprint density at radius 1 is 0.326 bits per heavy atom. The van der Waals surface area contributed by atoms with Crippen LogP contribution in [-0.4, -0.2) is 29.9 Å². The van der Waals surface area contributed by atoms with Gasteiger partial charge in [-0.3, -0.25) is 19.9 Å². The topological polar surface area (TPSA) is 77.3 Å². The first-order valence-electron chi connectivity index (χ1n) is 15.1. The number of benzene rings is 4. The largest absolute Gasteiger partial charge is 0.254 e. The smallest absolute Gasteiger partial charge is 0.160 e. The molecule has 0 aliphatic carbocycles. The van der Waals surface area contributed by atoms with Crippen LogP contribution in [0, 0.1) is 0 Å². The molecule has 6 nitrogen and oxygen atoms in total. The Morgan fingerprint density at radius 3 is 1.37 bits per heavy atom. The second-order valence-electron chi connectivity index (χ2n) is 11.3. The van der Waals surface area contributed by atoms with Gasteiger partial charge in [-0.2, -0.15) is 0 Å². The van der Waals surface area contributed by atoms with Crippen LogP contribution in [0.5, 0.6) is 0 Å². The van der Waals surface area contributed by atoms with Crippen LogP contribution < -0.4 is 0 Å². The molecule has 0 radical (unpaired) electrons. The maximum Gasteiger partial charge on any atom is 0.160 e. The number of hydrogen-bond acceptors (Lipinski definition) is 6. The van der Waals surface area contributed by atoms with Crippen molar-refractivity contribution in [3.8, 4) is 45.0 Å². The maximum atomic E-state index is 5.08. The predicted molar refractivity (Wildman–Crippen MR) is 185 cm³/mol. The molecule has 0 fully saturated rings. The van der Waals surface area contributed by atoms with Crippen LogP contribution in [0.2, 0.25) is 0 Å². The van der Waals surface area contributed by atoms with Gasteiger partial charge < -0.3 is 0 Å². The molecule has 0 atom stereocenters. The van der Waals surface area contributed by atoms with Gasteiger partial charge in [-0.15, -0.1) is 0 Å². The first kappa shape index (κ1) is 26.0. The van der Waals surface area contributed by atoms with E-state index in [0.29, 0.717) is 5.82 Å². The highest BCUT2D eigenvalue weighted by Crippen LogP contribution is 2.32. The van der Waals surface area contributed by atoms with Gasteiger partial charge in [0, 0.05) is 63.0 Å². The Kier molecular flexibility index (Phi) is 6.03. The lowest BCUT2D eigenvalue weighted by atomic mass is 10.0. The average Bonchev–Trinajstić information content (AvgIpc) is 3.14. The zero-order valence-corrected chi connectivity index (χ0v) is 24.5. The minimum atomic E-state index is 0.632. The number of fused-ring (bicyclic) bond motifs is 6. The number of rotatable bonds is 4. The lowest BCUT2D eigenvalue weighted by Crippen LogP contribution is -1.97. The first-order valence-corrected chi connectivity index (χ1v) is 15.1. The standard InChI is InChI=1S/C40H24N6/c1-2-6-25(7-3-1)26-10-14-29(15-11-26)40-45-34(32-20-30-16-12-27-8-4-18-41-36(27)38(30)43-23-32)22-35(46-40)33-21-31-17-13-28-9-5-19-42-37(28)39(31)44-24-33/h1-24H. The minimum Gasteiger partial charge on any atom is -0.254 e. The predicted octanol–water partition coefficient (Wildman–Crippen LogP) is 9.34. The summed E-state index contributed by atoms with van der Waals surface area (Å²) in [5.41, 5.74) is 10.1. The van der Waals surface area contributed by atoms with Gasteiger partial charge in [0.25, 0.3) is 0 Å². The van der Waals surface area contributed by atoms with Gasteiger partial charge in [-0.05, 0) is 41.5 Å². The van der Waals surface area contributed by atoms with Gasteiger partial charge in [0.2, 0.25) is 0 Å². The second-order valence-corrected chi connectivity index (χ2v) is 11.3. The van der Waals surface area contributed by atoms with E-state index in [0.717, 1.165) is 82.8 Å². The number of hydrogen-bond donors (Lipinski definition) is 0. The normalized spacial score (nSPS) is 11.5. The van der Waals surface area contributed by atoms with E-state index < -0.39 is 0 Å². The molecule has 9 aromatic rings. The van der Waals surface area contributed by atoms with Crippen LogP contribution in [0.3, 0.4) is 0 Å². The third kappa shape index (κ3) is 4.52. The zero-order chi connectivity index (χ0) is 30.5. The van der Waals surface area contributed by atoms with E-state index >= 15 is 0 Å². The molecular weight excluding hydrogens is 564 g/mol. The van der Waals surface area contributed by atoms with Gasteiger partial charge in [0.05, 0.1) is 33.5 Å². The van der Waals surface area contributed by atoms with Crippen LogP contribution in [0.15, 0.2) is 146 Å². The minimum absolute atomic E-state index is 0.632. The molecule has 0 amide bonds. The van der Waals surface area contributed by atoms with Gasteiger partial charge in [0.15, 0.2) is 5.82 Å². The molecule has 46 heavy (non-hydrogen) atoms. The molecule has 214 valence electrons. The van der Waals surface area contributed by atoms with Crippen LogP contribution in [0.4, 0.5) is 0 Å². The summed E-state index contributed by atoms with van der Waals surface area (Å²) in [6, 6.07) is 41.4. The highest BCUT2D eigenvalue weighted by atomic mass is 14.9. The highest BCUT2D eigenvalue weighted by molar-refractivity contribution is 6.04. The third-order valence-electron chi connectivity index (χ3n) is 8.41. The molecular formula is C40H24N6. The Labute approximate surface area is 264 Å². The number of pyridine rings is 4. The van der Waals surface area contributed by atoms with E-state index in [2.05, 4.69) is 107 Å². The fourth-order valence-corrected chi connectivity index (χ4v) is 6.07. The average molecular weight is 589 g/mol. The van der Waals surface area contributed by atoms with Crippen molar-refractivity contribution in [1.29, 1.82) is 0 Å². The molecule has 5 aromatic heterocycles. The zero-order valence-electron chi connectivity index (χ0n) is 24.5. The van der Waals surface area contributed by atoms with Crippen LogP contribution in [0.1, 0.15) is 0 Å². The summed E-state index contributed by atoms with van der Waals surface area (Å²) in [4.78, 5) is 29.1. The van der Waals surface area contributed by atoms with Crippen molar-refractivity contribution in [3.63, 3.8) is 0 Å². The van der Waals surface area contributed by atoms with Crippen molar-refractivity contribution < 1.29 is 0 Å². The third-order valence-corrected chi connectivity index (χ3v) is 8.41. The molecule has 0 saturated carbocycles. The van der Waals surface area contributed by atoms with Gasteiger partial charge in [-0.1, -0.05) is 91.0 Å². The molecule has 0 aliphatic heterocycles. The van der Waals surface area contributed by atoms with Gasteiger partial charge >= 0.3 is 0 Å². The molecule has 0 spiro atoms.